The largest absolute Gasteiger partial charge is 0.472 e. The molecule has 0 saturated carbocycles. The lowest BCUT2D eigenvalue weighted by molar-refractivity contribution is -0.154. The number of carbonyl (C=O) groups excluding carboxylic acids is 1. The van der Waals surface area contributed by atoms with Gasteiger partial charge < -0.3 is 24.6 Å². The van der Waals surface area contributed by atoms with E-state index < -0.39 is 39.2 Å². The van der Waals surface area contributed by atoms with Crippen molar-refractivity contribution in [3.63, 3.8) is 0 Å². The minimum Gasteiger partial charge on any atom is -0.457 e. The second-order valence-electron chi connectivity index (χ2n) is 12.6. The summed E-state index contributed by atoms with van der Waals surface area (Å²) in [5.74, 6) is -0.400. The number of ether oxygens (including phenoxy) is 2. The lowest BCUT2D eigenvalue weighted by Crippen LogP contribution is -2.29. The third-order valence-corrected chi connectivity index (χ3v) is 8.70. The lowest BCUT2D eigenvalue weighted by atomic mass is 10.1. The molecule has 0 bridgehead atoms. The Morgan fingerprint density at radius 2 is 1.16 bits per heavy atom. The number of allylic oxidation sites excluding steroid dienone is 8. The van der Waals surface area contributed by atoms with E-state index in [-0.39, 0.29) is 19.6 Å². The minimum atomic E-state index is -4.52. The van der Waals surface area contributed by atoms with E-state index in [1.54, 1.807) is 0 Å². The van der Waals surface area contributed by atoms with E-state index in [9.17, 15) is 19.4 Å². The van der Waals surface area contributed by atoms with E-state index in [4.69, 9.17) is 23.6 Å². The first-order valence-electron chi connectivity index (χ1n) is 19.1. The van der Waals surface area contributed by atoms with Crippen LogP contribution >= 0.6 is 7.82 Å². The molecule has 0 saturated heterocycles. The maximum Gasteiger partial charge on any atom is 0.472 e. The Balaban J connectivity index is 4.26. The Hall–Kier alpha value is -1.58. The monoisotopic (exact) mass is 714 g/mol. The second-order valence-corrected chi connectivity index (χ2v) is 14.0. The quantitative estimate of drug-likeness (QED) is 0.0251. The molecular weight excluding hydrogens is 643 g/mol. The van der Waals surface area contributed by atoms with Crippen LogP contribution in [0.1, 0.15) is 149 Å². The third-order valence-electron chi connectivity index (χ3n) is 7.75. The highest BCUT2D eigenvalue weighted by Crippen LogP contribution is 2.43. The molecule has 0 rings (SSSR count). The van der Waals surface area contributed by atoms with Crippen molar-refractivity contribution in [2.45, 2.75) is 161 Å². The summed E-state index contributed by atoms with van der Waals surface area (Å²) in [6.45, 7) is 3.32. The van der Waals surface area contributed by atoms with Crippen LogP contribution in [0.25, 0.3) is 0 Å². The van der Waals surface area contributed by atoms with Crippen molar-refractivity contribution >= 4 is 13.8 Å². The molecule has 3 atom stereocenters. The molecule has 0 fully saturated rings. The highest BCUT2D eigenvalue weighted by molar-refractivity contribution is 7.47. The van der Waals surface area contributed by atoms with Gasteiger partial charge in [-0.1, -0.05) is 120 Å². The van der Waals surface area contributed by atoms with Crippen molar-refractivity contribution in [3.05, 3.63) is 48.6 Å². The smallest absolute Gasteiger partial charge is 0.457 e. The summed E-state index contributed by atoms with van der Waals surface area (Å²) >= 11 is 0. The van der Waals surface area contributed by atoms with Gasteiger partial charge in [-0.2, -0.15) is 0 Å². The molecule has 0 radical (unpaired) electrons. The standard InChI is InChI=1S/C39H71O9P/c1-3-5-7-9-11-13-15-17-18-19-20-22-24-26-28-30-32-45-35-38(36-47-49(43,44)46-34-37(41)33-40)48-39(42)31-29-27-25-23-21-16-14-12-10-8-6-4-2/h5,7,11-14,17-18,37-38,40-41H,3-4,6,8-10,15-16,19-36H2,1-2H3,(H,43,44)/b7-5-,13-11-,14-12-,18-17-. The molecule has 0 aliphatic heterocycles. The molecule has 286 valence electrons. The summed E-state index contributed by atoms with van der Waals surface area (Å²) in [5.41, 5.74) is 0. The summed E-state index contributed by atoms with van der Waals surface area (Å²) in [5, 5.41) is 18.3. The zero-order valence-electron chi connectivity index (χ0n) is 30.9. The first-order valence-corrected chi connectivity index (χ1v) is 20.6. The van der Waals surface area contributed by atoms with E-state index in [0.717, 1.165) is 83.5 Å². The van der Waals surface area contributed by atoms with E-state index in [2.05, 4.69) is 62.5 Å². The van der Waals surface area contributed by atoms with Crippen LogP contribution in [0.3, 0.4) is 0 Å². The number of aliphatic hydroxyl groups is 2. The van der Waals surface area contributed by atoms with Gasteiger partial charge >= 0.3 is 13.8 Å². The fraction of sp³-hybridized carbons (Fsp3) is 0.769. The van der Waals surface area contributed by atoms with Crippen molar-refractivity contribution in [2.75, 3.05) is 33.0 Å². The number of esters is 1. The van der Waals surface area contributed by atoms with E-state index in [0.29, 0.717) is 13.0 Å². The molecule has 0 spiro atoms. The Morgan fingerprint density at radius 3 is 1.78 bits per heavy atom. The van der Waals surface area contributed by atoms with Crippen molar-refractivity contribution in [3.8, 4) is 0 Å². The second kappa shape index (κ2) is 36.2. The molecule has 0 aromatic rings. The predicted octanol–water partition coefficient (Wildman–Crippen LogP) is 9.86. The van der Waals surface area contributed by atoms with Gasteiger partial charge in [-0.3, -0.25) is 13.8 Å². The minimum absolute atomic E-state index is 0.0356. The Kier molecular flexibility index (Phi) is 35.1. The van der Waals surface area contributed by atoms with Crippen molar-refractivity contribution in [1.29, 1.82) is 0 Å². The number of unbranched alkanes of at least 4 members (excludes halogenated alkanes) is 14. The maximum absolute atomic E-state index is 12.5. The van der Waals surface area contributed by atoms with Crippen LogP contribution in [0.15, 0.2) is 48.6 Å². The molecule has 0 aromatic heterocycles. The van der Waals surface area contributed by atoms with E-state index >= 15 is 0 Å². The SMILES string of the molecule is CC/C=C\C/C=C\C/C=C\CCCCCCCCOCC(COP(=O)(O)OCC(O)CO)OC(=O)CCCCCCC/C=C\CCCCC. The van der Waals surface area contributed by atoms with Gasteiger partial charge in [-0.15, -0.1) is 0 Å². The van der Waals surface area contributed by atoms with Gasteiger partial charge in [0.2, 0.25) is 0 Å². The van der Waals surface area contributed by atoms with Crippen LogP contribution in [0.5, 0.6) is 0 Å². The Morgan fingerprint density at radius 1 is 0.653 bits per heavy atom. The molecule has 0 aromatic carbocycles. The van der Waals surface area contributed by atoms with Gasteiger partial charge in [-0.05, 0) is 70.6 Å². The highest BCUT2D eigenvalue weighted by Gasteiger charge is 2.26. The van der Waals surface area contributed by atoms with Crippen LogP contribution in [0.4, 0.5) is 0 Å². The molecule has 3 unspecified atom stereocenters. The number of aliphatic hydroxyl groups excluding tert-OH is 2. The molecule has 10 heteroatoms. The van der Waals surface area contributed by atoms with Gasteiger partial charge in [0.15, 0.2) is 0 Å². The average molecular weight is 715 g/mol. The first kappa shape index (κ1) is 47.4. The average Bonchev–Trinajstić information content (AvgIpc) is 3.09. The third kappa shape index (κ3) is 36.0. The van der Waals surface area contributed by atoms with E-state index in [1.807, 2.05) is 0 Å². The molecular formula is C39H71O9P. The van der Waals surface area contributed by atoms with Crippen LogP contribution in [0.2, 0.25) is 0 Å². The molecule has 0 heterocycles. The Bertz CT molecular complexity index is 903. The van der Waals surface area contributed by atoms with Gasteiger partial charge in [0.25, 0.3) is 0 Å². The van der Waals surface area contributed by atoms with Gasteiger partial charge in [-0.25, -0.2) is 4.57 Å². The fourth-order valence-corrected chi connectivity index (χ4v) is 5.62. The predicted molar refractivity (Wildman–Crippen MR) is 200 cm³/mol. The molecule has 0 aliphatic carbocycles. The van der Waals surface area contributed by atoms with Gasteiger partial charge in [0.05, 0.1) is 26.4 Å². The van der Waals surface area contributed by atoms with E-state index in [1.165, 1.54) is 38.5 Å². The zero-order chi connectivity index (χ0) is 36.1. The molecule has 9 nitrogen and oxygen atoms in total. The van der Waals surface area contributed by atoms with Crippen molar-refractivity contribution < 1.29 is 43.0 Å². The number of hydrogen-bond donors (Lipinski definition) is 3. The van der Waals surface area contributed by atoms with Crippen LogP contribution in [0, 0.1) is 0 Å². The molecule has 3 N–H and O–H groups in total. The van der Waals surface area contributed by atoms with Crippen molar-refractivity contribution in [2.24, 2.45) is 0 Å². The van der Waals surface area contributed by atoms with Crippen LogP contribution in [-0.4, -0.2) is 66.3 Å². The topological polar surface area (TPSA) is 132 Å². The Labute approximate surface area is 298 Å². The molecule has 0 aliphatic rings. The summed E-state index contributed by atoms with van der Waals surface area (Å²) < 4.78 is 33.2. The first-order chi connectivity index (χ1) is 23.8. The summed E-state index contributed by atoms with van der Waals surface area (Å²) in [6.07, 6.45) is 37.8. The van der Waals surface area contributed by atoms with Crippen molar-refractivity contribution in [1.82, 2.24) is 0 Å². The highest BCUT2D eigenvalue weighted by atomic mass is 31.2. The van der Waals surface area contributed by atoms with Gasteiger partial charge in [0.1, 0.15) is 12.2 Å². The van der Waals surface area contributed by atoms with Crippen LogP contribution < -0.4 is 0 Å². The fourth-order valence-electron chi connectivity index (χ4n) is 4.83. The molecule has 49 heavy (non-hydrogen) atoms. The number of phosphoric ester groups is 1. The number of carbonyl (C=O) groups is 1. The number of rotatable bonds is 36. The maximum atomic E-state index is 12.5. The zero-order valence-corrected chi connectivity index (χ0v) is 31.8. The summed E-state index contributed by atoms with van der Waals surface area (Å²) in [6, 6.07) is 0. The summed E-state index contributed by atoms with van der Waals surface area (Å²) in [7, 11) is -4.52. The number of phosphoric acid groups is 1. The van der Waals surface area contributed by atoms with Gasteiger partial charge in [0, 0.05) is 13.0 Å². The summed E-state index contributed by atoms with van der Waals surface area (Å²) in [4.78, 5) is 22.5. The number of hydrogen-bond acceptors (Lipinski definition) is 8. The lowest BCUT2D eigenvalue weighted by Gasteiger charge is -2.20. The van der Waals surface area contributed by atoms with Crippen LogP contribution in [-0.2, 0) is 27.9 Å². The normalized spacial score (nSPS) is 14.8. The molecule has 0 amide bonds.